The van der Waals surface area contributed by atoms with Crippen molar-refractivity contribution in [1.82, 2.24) is 15.6 Å². The first-order valence-corrected chi connectivity index (χ1v) is 10.1. The summed E-state index contributed by atoms with van der Waals surface area (Å²) in [4.78, 5) is 21.0. The van der Waals surface area contributed by atoms with Crippen molar-refractivity contribution in [3.8, 4) is 5.75 Å². The molecule has 0 aliphatic rings. The number of hydrogen-bond donors (Lipinski definition) is 2. The van der Waals surface area contributed by atoms with Gasteiger partial charge in [0, 0.05) is 11.9 Å². The van der Waals surface area contributed by atoms with Crippen molar-refractivity contribution in [3.05, 3.63) is 45.4 Å². The van der Waals surface area contributed by atoms with Crippen LogP contribution in [0.5, 0.6) is 5.75 Å². The molecule has 2 N–H and O–H groups in total. The van der Waals surface area contributed by atoms with Crippen LogP contribution in [0.1, 0.15) is 53.3 Å². The van der Waals surface area contributed by atoms with Crippen molar-refractivity contribution in [1.29, 1.82) is 0 Å². The van der Waals surface area contributed by atoms with Crippen molar-refractivity contribution in [2.75, 3.05) is 20.8 Å². The van der Waals surface area contributed by atoms with E-state index in [1.54, 1.807) is 23.5 Å². The number of methoxy groups -OCH3 is 2. The summed E-state index contributed by atoms with van der Waals surface area (Å²) < 4.78 is 10.1. The van der Waals surface area contributed by atoms with Crippen LogP contribution in [0.3, 0.4) is 0 Å². The molecule has 0 fully saturated rings. The molecule has 28 heavy (non-hydrogen) atoms. The van der Waals surface area contributed by atoms with Crippen molar-refractivity contribution in [2.24, 2.45) is 4.99 Å². The van der Waals surface area contributed by atoms with Crippen LogP contribution >= 0.6 is 11.3 Å². The van der Waals surface area contributed by atoms with Crippen molar-refractivity contribution in [3.63, 3.8) is 0 Å². The maximum atomic E-state index is 11.8. The van der Waals surface area contributed by atoms with E-state index in [-0.39, 0.29) is 0 Å². The van der Waals surface area contributed by atoms with Gasteiger partial charge in [0.1, 0.15) is 16.3 Å². The molecule has 1 aromatic heterocycles. The van der Waals surface area contributed by atoms with Crippen LogP contribution in [0.2, 0.25) is 0 Å². The minimum Gasteiger partial charge on any atom is -0.496 e. The van der Waals surface area contributed by atoms with Gasteiger partial charge in [-0.05, 0) is 30.5 Å². The molecule has 2 rings (SSSR count). The molecule has 2 aromatic rings. The molecule has 8 heteroatoms. The zero-order chi connectivity index (χ0) is 20.5. The largest absolute Gasteiger partial charge is 0.496 e. The maximum Gasteiger partial charge on any atom is 0.341 e. The normalized spacial score (nSPS) is 11.4. The van der Waals surface area contributed by atoms with Gasteiger partial charge in [-0.15, -0.1) is 11.3 Å². The van der Waals surface area contributed by atoms with Gasteiger partial charge >= 0.3 is 5.97 Å². The molecule has 0 aliphatic heterocycles. The Morgan fingerprint density at radius 2 is 2.07 bits per heavy atom. The Hall–Kier alpha value is -2.61. The van der Waals surface area contributed by atoms with Gasteiger partial charge in [-0.2, -0.15) is 0 Å². The number of benzene rings is 1. The number of ether oxygens (including phenoxy) is 2. The zero-order valence-corrected chi connectivity index (χ0v) is 17.9. The third-order valence-corrected chi connectivity index (χ3v) is 4.87. The minimum atomic E-state index is -0.425. The van der Waals surface area contributed by atoms with Gasteiger partial charge in [0.05, 0.1) is 33.0 Å². The number of thiazole rings is 1. The lowest BCUT2D eigenvalue weighted by Crippen LogP contribution is -2.36. The topological polar surface area (TPSA) is 84.8 Å². The van der Waals surface area contributed by atoms with Crippen molar-refractivity contribution >= 4 is 23.3 Å². The van der Waals surface area contributed by atoms with Crippen LogP contribution in [-0.4, -0.2) is 37.7 Å². The van der Waals surface area contributed by atoms with Crippen molar-refractivity contribution < 1.29 is 14.3 Å². The zero-order valence-electron chi connectivity index (χ0n) is 17.0. The van der Waals surface area contributed by atoms with Crippen LogP contribution < -0.4 is 15.4 Å². The number of hydrogen-bond acceptors (Lipinski definition) is 6. The summed E-state index contributed by atoms with van der Waals surface area (Å²) >= 11 is 1.65. The first kappa shape index (κ1) is 21.7. The lowest BCUT2D eigenvalue weighted by Gasteiger charge is -2.11. The predicted molar refractivity (Wildman–Crippen MR) is 112 cm³/mol. The number of aromatic nitrogens is 1. The molecule has 0 atom stereocenters. The van der Waals surface area contributed by atoms with E-state index in [0.717, 1.165) is 22.8 Å². The average molecular weight is 405 g/mol. The smallest absolute Gasteiger partial charge is 0.341 e. The van der Waals surface area contributed by atoms with Gasteiger partial charge in [-0.25, -0.2) is 14.8 Å². The first-order valence-electron chi connectivity index (χ1n) is 9.20. The molecule has 0 bridgehead atoms. The van der Waals surface area contributed by atoms with E-state index < -0.39 is 5.97 Å². The fraction of sp³-hybridized carbons (Fsp3) is 0.450. The molecule has 0 saturated heterocycles. The number of carbonyl (C=O) groups is 1. The van der Waals surface area contributed by atoms with Gasteiger partial charge in [0.2, 0.25) is 0 Å². The summed E-state index contributed by atoms with van der Waals surface area (Å²) in [5, 5.41) is 9.66. The highest BCUT2D eigenvalue weighted by Gasteiger charge is 2.13. The quantitative estimate of drug-likeness (QED) is 0.399. The maximum absolute atomic E-state index is 11.8. The van der Waals surface area contributed by atoms with Crippen LogP contribution in [0, 0.1) is 0 Å². The summed E-state index contributed by atoms with van der Waals surface area (Å²) in [6, 6.07) is 5.34. The summed E-state index contributed by atoms with van der Waals surface area (Å²) in [7, 11) is 2.88. The van der Waals surface area contributed by atoms with Gasteiger partial charge in [-0.3, -0.25) is 0 Å². The third-order valence-electron chi connectivity index (χ3n) is 4.00. The van der Waals surface area contributed by atoms with Crippen LogP contribution in [0.25, 0.3) is 0 Å². The number of aliphatic imine (C=N–C) groups is 1. The van der Waals surface area contributed by atoms with Gasteiger partial charge in [0.25, 0.3) is 0 Å². The van der Waals surface area contributed by atoms with Crippen LogP contribution in [-0.2, 0) is 17.8 Å². The predicted octanol–water partition coefficient (Wildman–Crippen LogP) is 3.32. The molecule has 0 amide bonds. The molecule has 0 spiro atoms. The lowest BCUT2D eigenvalue weighted by atomic mass is 10.1. The number of carbonyl (C=O) groups excluding carboxylic acids is 1. The molecule has 152 valence electrons. The molecule has 0 aliphatic carbocycles. The first-order chi connectivity index (χ1) is 13.5. The third kappa shape index (κ3) is 5.95. The molecule has 1 aromatic carbocycles. The SMILES string of the molecule is CCNC(=NCc1ccc(C(=O)OC)c(OC)c1)NCc1nc(C(C)C)cs1. The monoisotopic (exact) mass is 404 g/mol. The lowest BCUT2D eigenvalue weighted by molar-refractivity contribution is 0.0597. The minimum absolute atomic E-state index is 0.396. The summed E-state index contributed by atoms with van der Waals surface area (Å²) in [6.45, 7) is 8.11. The highest BCUT2D eigenvalue weighted by molar-refractivity contribution is 7.09. The number of esters is 1. The summed E-state index contributed by atoms with van der Waals surface area (Å²) in [6.07, 6.45) is 0. The average Bonchev–Trinajstić information content (AvgIpc) is 3.18. The van der Waals surface area contributed by atoms with Crippen LogP contribution in [0.15, 0.2) is 28.6 Å². The van der Waals surface area contributed by atoms with Gasteiger partial charge in [0.15, 0.2) is 5.96 Å². The summed E-state index contributed by atoms with van der Waals surface area (Å²) in [5.74, 6) is 1.18. The van der Waals surface area contributed by atoms with E-state index in [9.17, 15) is 4.79 Å². The second-order valence-corrected chi connectivity index (χ2v) is 7.34. The molecule has 1 heterocycles. The number of rotatable bonds is 8. The van der Waals surface area contributed by atoms with E-state index in [1.165, 1.54) is 14.2 Å². The highest BCUT2D eigenvalue weighted by atomic mass is 32.1. The van der Waals surface area contributed by atoms with Crippen LogP contribution in [0.4, 0.5) is 0 Å². The second kappa shape index (κ2) is 10.7. The summed E-state index contributed by atoms with van der Waals surface area (Å²) in [5.41, 5.74) is 2.44. The Balaban J connectivity index is 2.05. The molecule has 0 unspecified atom stereocenters. The van der Waals surface area contributed by atoms with Gasteiger partial charge < -0.3 is 20.1 Å². The standard InChI is InChI=1S/C20H28N4O3S/c1-6-21-20(23-11-18-24-16(12-28-18)13(2)3)22-10-14-7-8-15(19(25)27-5)17(9-14)26-4/h7-9,12-13H,6,10-11H2,1-5H3,(H2,21,22,23). The fourth-order valence-electron chi connectivity index (χ4n) is 2.46. The Bertz CT molecular complexity index is 818. The second-order valence-electron chi connectivity index (χ2n) is 6.40. The Morgan fingerprint density at radius 3 is 2.68 bits per heavy atom. The van der Waals surface area contributed by atoms with Crippen molar-refractivity contribution in [2.45, 2.75) is 39.8 Å². The van der Waals surface area contributed by atoms with E-state index >= 15 is 0 Å². The van der Waals surface area contributed by atoms with E-state index in [0.29, 0.717) is 36.3 Å². The Kier molecular flexibility index (Phi) is 8.25. The van der Waals surface area contributed by atoms with Gasteiger partial charge in [-0.1, -0.05) is 19.9 Å². The fourth-order valence-corrected chi connectivity index (χ4v) is 3.35. The molecular weight excluding hydrogens is 376 g/mol. The molecule has 0 saturated carbocycles. The number of guanidine groups is 1. The molecule has 7 nitrogen and oxygen atoms in total. The van der Waals surface area contributed by atoms with E-state index in [4.69, 9.17) is 9.47 Å². The Labute approximate surface area is 170 Å². The van der Waals surface area contributed by atoms with E-state index in [2.05, 4.69) is 39.8 Å². The molecular formula is C20H28N4O3S. The highest BCUT2D eigenvalue weighted by Crippen LogP contribution is 2.21. The number of nitrogens with one attached hydrogen (secondary N) is 2. The molecule has 0 radical (unpaired) electrons. The Morgan fingerprint density at radius 1 is 1.29 bits per heavy atom. The van der Waals surface area contributed by atoms with E-state index in [1.807, 2.05) is 13.0 Å². The number of nitrogens with zero attached hydrogens (tertiary/aromatic N) is 2.